The summed E-state index contributed by atoms with van der Waals surface area (Å²) in [6, 6.07) is -0.155. The molecule has 1 amide bonds. The molecule has 0 saturated carbocycles. The fourth-order valence-corrected chi connectivity index (χ4v) is 1.59. The van der Waals surface area contributed by atoms with Gasteiger partial charge in [-0.05, 0) is 0 Å². The van der Waals surface area contributed by atoms with Crippen molar-refractivity contribution in [3.05, 3.63) is 12.2 Å². The van der Waals surface area contributed by atoms with E-state index in [1.54, 1.807) is 18.1 Å². The molecule has 1 aliphatic rings. The Labute approximate surface area is 93.6 Å². The zero-order valence-electron chi connectivity index (χ0n) is 9.23. The van der Waals surface area contributed by atoms with Crippen LogP contribution >= 0.6 is 0 Å². The third-order valence-electron chi connectivity index (χ3n) is 2.43. The molecule has 1 atom stereocenters. The maximum Gasteiger partial charge on any atom is 0.238 e. The smallest absolute Gasteiger partial charge is 0.238 e. The van der Waals surface area contributed by atoms with E-state index >= 15 is 0 Å². The lowest BCUT2D eigenvalue weighted by Crippen LogP contribution is -2.55. The Morgan fingerprint density at radius 1 is 1.69 bits per heavy atom. The van der Waals surface area contributed by atoms with Crippen LogP contribution in [0.2, 0.25) is 0 Å². The maximum absolute atomic E-state index is 11.7. The van der Waals surface area contributed by atoms with Crippen molar-refractivity contribution in [2.24, 2.45) is 7.05 Å². The van der Waals surface area contributed by atoms with Gasteiger partial charge in [0.2, 0.25) is 5.91 Å². The number of carbonyl (C=O) groups excluding carboxylic acids is 1. The number of rotatable bonds is 3. The predicted octanol–water partition coefficient (Wildman–Crippen LogP) is -2.01. The van der Waals surface area contributed by atoms with Crippen molar-refractivity contribution < 1.29 is 4.79 Å². The molecule has 7 nitrogen and oxygen atoms in total. The molecule has 0 aromatic carbocycles. The Morgan fingerprint density at radius 3 is 3.19 bits per heavy atom. The summed E-state index contributed by atoms with van der Waals surface area (Å²) < 4.78 is 1.61. The number of carbonyl (C=O) groups is 1. The fourth-order valence-electron chi connectivity index (χ4n) is 1.59. The van der Waals surface area contributed by atoms with Crippen molar-refractivity contribution >= 4 is 5.91 Å². The first-order valence-electron chi connectivity index (χ1n) is 5.32. The predicted molar refractivity (Wildman–Crippen MR) is 57.5 cm³/mol. The summed E-state index contributed by atoms with van der Waals surface area (Å²) >= 11 is 0. The first-order valence-corrected chi connectivity index (χ1v) is 5.32. The minimum Gasteiger partial charge on any atom is -0.347 e. The third-order valence-corrected chi connectivity index (χ3v) is 2.43. The SMILES string of the molecule is Cn1cnc(CNC(=O)C2CNCCN2)n1. The topological polar surface area (TPSA) is 83.9 Å². The van der Waals surface area contributed by atoms with Crippen LogP contribution in [-0.4, -0.2) is 46.3 Å². The molecule has 0 aliphatic carbocycles. The van der Waals surface area contributed by atoms with Crippen molar-refractivity contribution in [2.45, 2.75) is 12.6 Å². The Kier molecular flexibility index (Phi) is 3.47. The molecule has 2 heterocycles. The lowest BCUT2D eigenvalue weighted by molar-refractivity contribution is -0.123. The van der Waals surface area contributed by atoms with Gasteiger partial charge in [0.05, 0.1) is 12.6 Å². The average molecular weight is 224 g/mol. The Hall–Kier alpha value is -1.47. The van der Waals surface area contributed by atoms with Crippen LogP contribution in [0.25, 0.3) is 0 Å². The van der Waals surface area contributed by atoms with Crippen LogP contribution in [0, 0.1) is 0 Å². The third kappa shape index (κ3) is 2.77. The van der Waals surface area contributed by atoms with Crippen LogP contribution < -0.4 is 16.0 Å². The summed E-state index contributed by atoms with van der Waals surface area (Å²) in [4.78, 5) is 15.7. The van der Waals surface area contributed by atoms with Gasteiger partial charge < -0.3 is 16.0 Å². The second-order valence-electron chi connectivity index (χ2n) is 3.76. The van der Waals surface area contributed by atoms with Crippen molar-refractivity contribution in [1.29, 1.82) is 0 Å². The van der Waals surface area contributed by atoms with Crippen molar-refractivity contribution in [3.8, 4) is 0 Å². The van der Waals surface area contributed by atoms with Gasteiger partial charge in [-0.25, -0.2) is 4.98 Å². The van der Waals surface area contributed by atoms with Crippen LogP contribution in [0.3, 0.4) is 0 Å². The minimum absolute atomic E-state index is 0.0142. The molecule has 1 aliphatic heterocycles. The Morgan fingerprint density at radius 2 is 2.56 bits per heavy atom. The van der Waals surface area contributed by atoms with E-state index in [0.717, 1.165) is 13.1 Å². The quantitative estimate of drug-likeness (QED) is 0.552. The van der Waals surface area contributed by atoms with E-state index < -0.39 is 0 Å². The molecule has 1 unspecified atom stereocenters. The summed E-state index contributed by atoms with van der Waals surface area (Å²) in [6.07, 6.45) is 1.61. The molecule has 1 fully saturated rings. The number of aryl methyl sites for hydroxylation is 1. The fraction of sp³-hybridized carbons (Fsp3) is 0.667. The van der Waals surface area contributed by atoms with E-state index in [0.29, 0.717) is 18.9 Å². The largest absolute Gasteiger partial charge is 0.347 e. The monoisotopic (exact) mass is 224 g/mol. The lowest BCUT2D eigenvalue weighted by atomic mass is 10.2. The summed E-state index contributed by atoms with van der Waals surface area (Å²) in [5, 5.41) is 13.2. The second-order valence-corrected chi connectivity index (χ2v) is 3.76. The van der Waals surface area contributed by atoms with Crippen molar-refractivity contribution in [2.75, 3.05) is 19.6 Å². The molecule has 7 heteroatoms. The van der Waals surface area contributed by atoms with Gasteiger partial charge in [-0.15, -0.1) is 0 Å². The number of hydrogen-bond donors (Lipinski definition) is 3. The molecule has 88 valence electrons. The molecule has 0 bridgehead atoms. The van der Waals surface area contributed by atoms with Gasteiger partial charge in [0.25, 0.3) is 0 Å². The molecule has 16 heavy (non-hydrogen) atoms. The normalized spacial score (nSPS) is 20.7. The first kappa shape index (κ1) is 11.0. The molecule has 0 spiro atoms. The highest BCUT2D eigenvalue weighted by molar-refractivity contribution is 5.82. The highest BCUT2D eigenvalue weighted by Gasteiger charge is 2.19. The van der Waals surface area contributed by atoms with E-state index in [-0.39, 0.29) is 11.9 Å². The van der Waals surface area contributed by atoms with Crippen LogP contribution in [-0.2, 0) is 18.4 Å². The first-order chi connectivity index (χ1) is 7.75. The molecule has 1 aromatic rings. The number of nitrogens with zero attached hydrogens (tertiary/aromatic N) is 3. The van der Waals surface area contributed by atoms with Gasteiger partial charge in [-0.2, -0.15) is 5.10 Å². The van der Waals surface area contributed by atoms with E-state index in [1.807, 2.05) is 0 Å². The highest BCUT2D eigenvalue weighted by atomic mass is 16.2. The Bertz CT molecular complexity index is 357. The van der Waals surface area contributed by atoms with Gasteiger partial charge in [0.15, 0.2) is 5.82 Å². The second kappa shape index (κ2) is 5.04. The van der Waals surface area contributed by atoms with Gasteiger partial charge in [-0.3, -0.25) is 9.48 Å². The molecular formula is C9H16N6O. The van der Waals surface area contributed by atoms with Gasteiger partial charge >= 0.3 is 0 Å². The maximum atomic E-state index is 11.7. The van der Waals surface area contributed by atoms with Crippen LogP contribution in [0.1, 0.15) is 5.82 Å². The lowest BCUT2D eigenvalue weighted by Gasteiger charge is -2.23. The van der Waals surface area contributed by atoms with Crippen molar-refractivity contribution in [1.82, 2.24) is 30.7 Å². The standard InChI is InChI=1S/C9H16N6O/c1-15-6-13-8(14-15)5-12-9(16)7-4-10-2-3-11-7/h6-7,10-11H,2-5H2,1H3,(H,12,16). The highest BCUT2D eigenvalue weighted by Crippen LogP contribution is 1.90. The average Bonchev–Trinajstić information content (AvgIpc) is 2.73. The number of hydrogen-bond acceptors (Lipinski definition) is 5. The number of amides is 1. The molecule has 1 aromatic heterocycles. The van der Waals surface area contributed by atoms with E-state index in [4.69, 9.17) is 0 Å². The van der Waals surface area contributed by atoms with Crippen LogP contribution in [0.4, 0.5) is 0 Å². The molecule has 1 saturated heterocycles. The van der Waals surface area contributed by atoms with Gasteiger partial charge in [-0.1, -0.05) is 0 Å². The van der Waals surface area contributed by atoms with Gasteiger partial charge in [0.1, 0.15) is 6.33 Å². The molecule has 0 radical (unpaired) electrons. The van der Waals surface area contributed by atoms with E-state index in [9.17, 15) is 4.79 Å². The number of piperazine rings is 1. The number of nitrogens with one attached hydrogen (secondary N) is 3. The zero-order chi connectivity index (χ0) is 11.4. The minimum atomic E-state index is -0.155. The van der Waals surface area contributed by atoms with Gasteiger partial charge in [0, 0.05) is 26.7 Å². The molecular weight excluding hydrogens is 208 g/mol. The van der Waals surface area contributed by atoms with Crippen molar-refractivity contribution in [3.63, 3.8) is 0 Å². The van der Waals surface area contributed by atoms with Crippen LogP contribution in [0.5, 0.6) is 0 Å². The van der Waals surface area contributed by atoms with E-state index in [1.165, 1.54) is 0 Å². The molecule has 2 rings (SSSR count). The zero-order valence-corrected chi connectivity index (χ0v) is 9.23. The summed E-state index contributed by atoms with van der Waals surface area (Å²) in [7, 11) is 1.80. The van der Waals surface area contributed by atoms with Crippen LogP contribution in [0.15, 0.2) is 6.33 Å². The summed E-state index contributed by atoms with van der Waals surface area (Å²) in [6.45, 7) is 2.77. The summed E-state index contributed by atoms with van der Waals surface area (Å²) in [5.74, 6) is 0.610. The Balaban J connectivity index is 1.78. The summed E-state index contributed by atoms with van der Waals surface area (Å²) in [5.41, 5.74) is 0. The number of aromatic nitrogens is 3. The van der Waals surface area contributed by atoms with E-state index in [2.05, 4.69) is 26.0 Å². The molecule has 3 N–H and O–H groups in total.